The van der Waals surface area contributed by atoms with Crippen molar-refractivity contribution in [2.45, 2.75) is 24.5 Å². The Morgan fingerprint density at radius 1 is 1.30 bits per heavy atom. The zero-order valence-corrected chi connectivity index (χ0v) is 16.3. The van der Waals surface area contributed by atoms with Crippen molar-refractivity contribution in [1.29, 1.82) is 0 Å². The Hall–Kier alpha value is -2.20. The van der Waals surface area contributed by atoms with Gasteiger partial charge in [0.1, 0.15) is 24.6 Å². The lowest BCUT2D eigenvalue weighted by Gasteiger charge is -2.21. The van der Waals surface area contributed by atoms with E-state index in [-0.39, 0.29) is 17.0 Å². The minimum absolute atomic E-state index is 0.0296. The molecule has 0 bridgehead atoms. The predicted molar refractivity (Wildman–Crippen MR) is 93.4 cm³/mol. The third-order valence-electron chi connectivity index (χ3n) is 3.85. The van der Waals surface area contributed by atoms with E-state index in [0.717, 1.165) is 10.9 Å². The van der Waals surface area contributed by atoms with E-state index in [1.54, 1.807) is 0 Å². The van der Waals surface area contributed by atoms with Crippen LogP contribution in [0.3, 0.4) is 0 Å². The van der Waals surface area contributed by atoms with Gasteiger partial charge in [0.25, 0.3) is 0 Å². The van der Waals surface area contributed by atoms with Gasteiger partial charge in [-0.3, -0.25) is 13.6 Å². The monoisotopic (exact) mass is 468 g/mol. The molecule has 3 heterocycles. The molecule has 1 aliphatic rings. The van der Waals surface area contributed by atoms with Gasteiger partial charge >= 0.3 is 15.6 Å². The third-order valence-corrected chi connectivity index (χ3v) is 4.85. The van der Waals surface area contributed by atoms with Crippen LogP contribution < -0.4 is 5.73 Å². The first kappa shape index (κ1) is 22.5. The van der Waals surface area contributed by atoms with Crippen molar-refractivity contribution < 1.29 is 47.6 Å². The van der Waals surface area contributed by atoms with Gasteiger partial charge in [0.05, 0.1) is 6.61 Å². The highest BCUT2D eigenvalue weighted by Crippen LogP contribution is 2.46. The molecule has 164 valence electrons. The summed E-state index contributed by atoms with van der Waals surface area (Å²) in [5.74, 6) is -0.500. The fraction of sp³-hybridized carbons (Fsp3) is 0.500. The molecule has 2 aromatic rings. The number of hydrogen-bond acceptors (Lipinski definition) is 11. The van der Waals surface area contributed by atoms with Gasteiger partial charge in [-0.1, -0.05) is 0 Å². The van der Waals surface area contributed by atoms with E-state index < -0.39 is 52.7 Å². The maximum Gasteiger partial charge on any atom is 0.470 e. The summed E-state index contributed by atoms with van der Waals surface area (Å²) in [6, 6.07) is 0. The molecule has 0 saturated carbocycles. The second-order valence-corrected chi connectivity index (χ2v) is 8.24. The van der Waals surface area contributed by atoms with E-state index in [1.165, 1.54) is 0 Å². The zero-order chi connectivity index (χ0) is 22.3. The van der Waals surface area contributed by atoms with Crippen molar-refractivity contribution in [3.8, 4) is 0 Å². The van der Waals surface area contributed by atoms with E-state index in [0.29, 0.717) is 0 Å². The van der Waals surface area contributed by atoms with Crippen molar-refractivity contribution in [2.75, 3.05) is 12.3 Å². The van der Waals surface area contributed by atoms with Gasteiger partial charge in [-0.05, 0) is 10.6 Å². The van der Waals surface area contributed by atoms with Gasteiger partial charge in [-0.25, -0.2) is 24.1 Å². The molecule has 30 heavy (non-hydrogen) atoms. The van der Waals surface area contributed by atoms with Crippen molar-refractivity contribution in [1.82, 2.24) is 19.5 Å². The Labute approximate surface area is 165 Å². The first-order chi connectivity index (χ1) is 13.9. The maximum absolute atomic E-state index is 11.3. The van der Waals surface area contributed by atoms with Gasteiger partial charge in [0, 0.05) is 4.91 Å². The molecule has 3 rings (SSSR count). The van der Waals surface area contributed by atoms with Crippen LogP contribution in [-0.4, -0.2) is 69.1 Å². The number of ether oxygens (including phenoxy) is 1. The number of aliphatic hydroxyl groups excluding tert-OH is 1. The fourth-order valence-corrected chi connectivity index (χ4v) is 3.70. The summed E-state index contributed by atoms with van der Waals surface area (Å²) < 4.78 is 37.5. The Kier molecular flexibility index (Phi) is 6.10. The van der Waals surface area contributed by atoms with Crippen LogP contribution in [0, 0.1) is 0 Å². The third kappa shape index (κ3) is 4.75. The molecule has 18 nitrogen and oxygen atoms in total. The molecular formula is C10H14N8O10P2. The molecule has 0 unspecified atom stereocenters. The van der Waals surface area contributed by atoms with Gasteiger partial charge in [0.2, 0.25) is 5.95 Å². The number of aromatic nitrogens is 4. The number of nitrogen functional groups attached to an aromatic ring is 1. The highest BCUT2D eigenvalue weighted by molar-refractivity contribution is 7.46. The summed E-state index contributed by atoms with van der Waals surface area (Å²) in [6.07, 6.45) is -5.77. The lowest BCUT2D eigenvalue weighted by molar-refractivity contribution is -0.0494. The zero-order valence-electron chi connectivity index (χ0n) is 14.5. The number of fused-ring (bicyclic) bond motifs is 1. The minimum atomic E-state index is -5.18. The standard InChI is InChI=1S/C10H14N8O10P2/c11-7-4-8(14-2-13-7)18(10(15-4)16-17-12)9-5(19)6(28-30(23,24)25)3(27-9)1-26-29(20,21)22/h2-3,5-6,9,19H,1H2,(H2,11,13,14)(H2,20,21,22)(H2,23,24,25)/t3-,5-,6-,9-/m1/s1. The number of aliphatic hydroxyl groups is 1. The van der Waals surface area contributed by atoms with Crippen LogP contribution in [0.5, 0.6) is 0 Å². The predicted octanol–water partition coefficient (Wildman–Crippen LogP) is -0.804. The lowest BCUT2D eigenvalue weighted by Crippen LogP contribution is -2.35. The Morgan fingerprint density at radius 3 is 2.60 bits per heavy atom. The number of nitrogens with zero attached hydrogens (tertiary/aromatic N) is 7. The average Bonchev–Trinajstić information content (AvgIpc) is 3.11. The molecule has 7 N–H and O–H groups in total. The van der Waals surface area contributed by atoms with Crippen molar-refractivity contribution >= 4 is 38.6 Å². The van der Waals surface area contributed by atoms with Crippen LogP contribution in [-0.2, 0) is 22.9 Å². The second-order valence-electron chi connectivity index (χ2n) is 5.81. The number of azide groups is 1. The topological polar surface area (TPSA) is 281 Å². The van der Waals surface area contributed by atoms with Gasteiger partial charge in [-0.2, -0.15) is 0 Å². The Bertz CT molecular complexity index is 1090. The Morgan fingerprint density at radius 2 is 2.00 bits per heavy atom. The van der Waals surface area contributed by atoms with E-state index in [4.69, 9.17) is 35.6 Å². The van der Waals surface area contributed by atoms with Gasteiger partial charge < -0.3 is 35.2 Å². The largest absolute Gasteiger partial charge is 0.470 e. The van der Waals surface area contributed by atoms with Crippen LogP contribution in [0.2, 0.25) is 0 Å². The fourth-order valence-electron chi connectivity index (χ4n) is 2.79. The number of anilines is 1. The second kappa shape index (κ2) is 8.14. The molecule has 1 fully saturated rings. The molecule has 0 spiro atoms. The van der Waals surface area contributed by atoms with Crippen LogP contribution in [0.15, 0.2) is 11.4 Å². The maximum atomic E-state index is 11.3. The van der Waals surface area contributed by atoms with E-state index in [2.05, 4.69) is 34.0 Å². The first-order valence-corrected chi connectivity index (χ1v) is 10.8. The highest BCUT2D eigenvalue weighted by atomic mass is 31.2. The summed E-state index contributed by atoms with van der Waals surface area (Å²) in [4.78, 5) is 50.1. The number of nitrogens with two attached hydrogens (primary N) is 1. The number of phosphoric ester groups is 2. The summed E-state index contributed by atoms with van der Waals surface area (Å²) in [5.41, 5.74) is 14.4. The molecule has 1 saturated heterocycles. The van der Waals surface area contributed by atoms with E-state index in [9.17, 15) is 14.2 Å². The Balaban J connectivity index is 2.06. The van der Waals surface area contributed by atoms with Gasteiger partial charge in [-0.15, -0.1) is 0 Å². The molecular weight excluding hydrogens is 454 g/mol. The van der Waals surface area contributed by atoms with Gasteiger partial charge in [0.15, 0.2) is 23.2 Å². The van der Waals surface area contributed by atoms with E-state index >= 15 is 0 Å². The van der Waals surface area contributed by atoms with Crippen molar-refractivity contribution in [3.05, 3.63) is 16.8 Å². The molecule has 1 aliphatic heterocycles. The van der Waals surface area contributed by atoms with E-state index in [1.807, 2.05) is 0 Å². The number of rotatable bonds is 7. The molecule has 0 amide bonds. The molecule has 20 heteroatoms. The van der Waals surface area contributed by atoms with Crippen LogP contribution in [0.25, 0.3) is 21.6 Å². The quantitative estimate of drug-likeness (QED) is 0.125. The first-order valence-electron chi connectivity index (χ1n) is 7.72. The minimum Gasteiger partial charge on any atom is -0.386 e. The van der Waals surface area contributed by atoms with Crippen molar-refractivity contribution in [2.24, 2.45) is 5.11 Å². The highest BCUT2D eigenvalue weighted by Gasteiger charge is 2.50. The summed E-state index contributed by atoms with van der Waals surface area (Å²) in [5, 5.41) is 13.9. The number of hydrogen-bond donors (Lipinski definition) is 6. The lowest BCUT2D eigenvalue weighted by atomic mass is 10.1. The normalized spacial score (nSPS) is 24.8. The molecule has 2 aromatic heterocycles. The average molecular weight is 468 g/mol. The smallest absolute Gasteiger partial charge is 0.386 e. The molecule has 0 aromatic carbocycles. The van der Waals surface area contributed by atoms with Crippen LogP contribution in [0.1, 0.15) is 6.23 Å². The molecule has 4 atom stereocenters. The summed E-state index contributed by atoms with van der Waals surface area (Å²) in [7, 11) is -10.2. The number of phosphoric acid groups is 2. The molecule has 0 aliphatic carbocycles. The van der Waals surface area contributed by atoms with Crippen molar-refractivity contribution in [3.63, 3.8) is 0 Å². The molecule has 0 radical (unpaired) electrons. The van der Waals surface area contributed by atoms with Crippen LogP contribution >= 0.6 is 15.6 Å². The summed E-state index contributed by atoms with van der Waals surface area (Å²) in [6.45, 7) is -0.914. The summed E-state index contributed by atoms with van der Waals surface area (Å²) >= 11 is 0. The SMILES string of the molecule is [N-]=[N+]=Nc1nc2c(N)ncnc2n1[C@@H]1O[C@H](COP(=O)(O)O)[C@@H](OP(=O)(O)O)[C@H]1O. The number of imidazole rings is 1. The van der Waals surface area contributed by atoms with Crippen LogP contribution in [0.4, 0.5) is 11.8 Å².